The van der Waals surface area contributed by atoms with Gasteiger partial charge in [-0.15, -0.1) is 0 Å². The van der Waals surface area contributed by atoms with Crippen LogP contribution in [-0.2, 0) is 13.0 Å². The number of amides is 1. The molecule has 0 aromatic carbocycles. The molecule has 0 fully saturated rings. The SMILES string of the molecule is CCCc1cc(C(=O)NCc2cc(=O)[nH]c(C)n2)n[nH]1. The lowest BCUT2D eigenvalue weighted by Crippen LogP contribution is -2.25. The van der Waals surface area contributed by atoms with Crippen molar-refractivity contribution >= 4 is 5.91 Å². The molecule has 2 aromatic heterocycles. The lowest BCUT2D eigenvalue weighted by Gasteiger charge is -2.03. The molecule has 0 spiro atoms. The van der Waals surface area contributed by atoms with Crippen molar-refractivity contribution < 1.29 is 4.79 Å². The number of aromatic nitrogens is 4. The Hall–Kier alpha value is -2.44. The first-order valence-corrected chi connectivity index (χ1v) is 6.48. The minimum atomic E-state index is -0.289. The number of hydrogen-bond donors (Lipinski definition) is 3. The summed E-state index contributed by atoms with van der Waals surface area (Å²) in [6, 6.07) is 3.09. The normalized spacial score (nSPS) is 10.5. The van der Waals surface area contributed by atoms with E-state index in [-0.39, 0.29) is 18.0 Å². The van der Waals surface area contributed by atoms with Crippen molar-refractivity contribution in [3.63, 3.8) is 0 Å². The number of aromatic amines is 2. The van der Waals surface area contributed by atoms with Crippen LogP contribution in [0.3, 0.4) is 0 Å². The van der Waals surface area contributed by atoms with Crippen LogP contribution in [0, 0.1) is 6.92 Å². The summed E-state index contributed by atoms with van der Waals surface area (Å²) in [5.41, 5.74) is 1.56. The van der Waals surface area contributed by atoms with Crippen molar-refractivity contribution in [2.45, 2.75) is 33.2 Å². The molecule has 0 aliphatic heterocycles. The van der Waals surface area contributed by atoms with E-state index in [0.29, 0.717) is 17.2 Å². The second-order valence-electron chi connectivity index (χ2n) is 4.53. The highest BCUT2D eigenvalue weighted by Gasteiger charge is 2.10. The maximum atomic E-state index is 11.9. The zero-order valence-electron chi connectivity index (χ0n) is 11.5. The second kappa shape index (κ2) is 6.14. The van der Waals surface area contributed by atoms with Crippen LogP contribution in [0.4, 0.5) is 0 Å². The van der Waals surface area contributed by atoms with Gasteiger partial charge in [-0.25, -0.2) is 4.98 Å². The Balaban J connectivity index is 1.98. The largest absolute Gasteiger partial charge is 0.345 e. The molecule has 0 unspecified atom stereocenters. The van der Waals surface area contributed by atoms with Gasteiger partial charge in [0.15, 0.2) is 0 Å². The maximum absolute atomic E-state index is 11.9. The number of aryl methyl sites for hydroxylation is 2. The lowest BCUT2D eigenvalue weighted by molar-refractivity contribution is 0.0945. The van der Waals surface area contributed by atoms with Gasteiger partial charge in [0.25, 0.3) is 11.5 Å². The summed E-state index contributed by atoms with van der Waals surface area (Å²) in [7, 11) is 0. The van der Waals surface area contributed by atoms with Crippen LogP contribution in [0.5, 0.6) is 0 Å². The first-order valence-electron chi connectivity index (χ1n) is 6.48. The summed E-state index contributed by atoms with van der Waals surface area (Å²) in [6.07, 6.45) is 1.84. The minimum Gasteiger partial charge on any atom is -0.345 e. The van der Waals surface area contributed by atoms with Gasteiger partial charge in [-0.1, -0.05) is 13.3 Å². The minimum absolute atomic E-state index is 0.194. The zero-order valence-corrected chi connectivity index (χ0v) is 11.5. The van der Waals surface area contributed by atoms with Crippen LogP contribution in [0.2, 0.25) is 0 Å². The Morgan fingerprint density at radius 3 is 2.90 bits per heavy atom. The fourth-order valence-electron chi connectivity index (χ4n) is 1.87. The van der Waals surface area contributed by atoms with E-state index in [9.17, 15) is 9.59 Å². The molecule has 0 atom stereocenters. The van der Waals surface area contributed by atoms with Crippen LogP contribution in [0.1, 0.15) is 41.0 Å². The number of rotatable bonds is 5. The third kappa shape index (κ3) is 3.53. The highest BCUT2D eigenvalue weighted by Crippen LogP contribution is 2.02. The predicted octanol–water partition coefficient (Wildman–Crippen LogP) is 0.684. The Morgan fingerprint density at radius 2 is 2.20 bits per heavy atom. The highest BCUT2D eigenvalue weighted by molar-refractivity contribution is 5.92. The summed E-state index contributed by atoms with van der Waals surface area (Å²) < 4.78 is 0. The Morgan fingerprint density at radius 1 is 1.40 bits per heavy atom. The molecule has 7 heteroatoms. The first kappa shape index (κ1) is 14.0. The van der Waals surface area contributed by atoms with E-state index >= 15 is 0 Å². The Labute approximate surface area is 115 Å². The molecular weight excluding hydrogens is 258 g/mol. The topological polar surface area (TPSA) is 104 Å². The molecule has 2 aromatic rings. The lowest BCUT2D eigenvalue weighted by atomic mass is 10.2. The van der Waals surface area contributed by atoms with Gasteiger partial charge in [-0.05, 0) is 19.4 Å². The molecule has 0 bridgehead atoms. The summed E-state index contributed by atoms with van der Waals surface area (Å²) >= 11 is 0. The molecule has 7 nitrogen and oxygen atoms in total. The summed E-state index contributed by atoms with van der Waals surface area (Å²) in [5.74, 6) is 0.232. The van der Waals surface area contributed by atoms with Gasteiger partial charge in [0.1, 0.15) is 11.5 Å². The van der Waals surface area contributed by atoms with E-state index in [1.807, 2.05) is 0 Å². The maximum Gasteiger partial charge on any atom is 0.272 e. The number of carbonyl (C=O) groups excluding carboxylic acids is 1. The van der Waals surface area contributed by atoms with E-state index in [1.54, 1.807) is 13.0 Å². The molecular formula is C13H17N5O2. The number of hydrogen-bond acceptors (Lipinski definition) is 4. The van der Waals surface area contributed by atoms with Crippen molar-refractivity contribution in [1.82, 2.24) is 25.5 Å². The van der Waals surface area contributed by atoms with Crippen molar-refractivity contribution in [1.29, 1.82) is 0 Å². The average molecular weight is 275 g/mol. The molecule has 0 aliphatic rings. The Bertz CT molecular complexity index is 659. The van der Waals surface area contributed by atoms with Gasteiger partial charge < -0.3 is 10.3 Å². The van der Waals surface area contributed by atoms with Crippen LogP contribution in [0.25, 0.3) is 0 Å². The van der Waals surface area contributed by atoms with E-state index in [2.05, 4.69) is 32.4 Å². The van der Waals surface area contributed by atoms with Crippen molar-refractivity contribution in [3.8, 4) is 0 Å². The van der Waals surface area contributed by atoms with E-state index < -0.39 is 0 Å². The highest BCUT2D eigenvalue weighted by atomic mass is 16.2. The Kier molecular flexibility index (Phi) is 4.29. The predicted molar refractivity (Wildman–Crippen MR) is 73.3 cm³/mol. The van der Waals surface area contributed by atoms with E-state index in [1.165, 1.54) is 6.07 Å². The summed E-state index contributed by atoms with van der Waals surface area (Å²) in [4.78, 5) is 29.9. The second-order valence-corrected chi connectivity index (χ2v) is 4.53. The number of nitrogens with zero attached hydrogens (tertiary/aromatic N) is 2. The van der Waals surface area contributed by atoms with Crippen LogP contribution in [0.15, 0.2) is 16.9 Å². The van der Waals surface area contributed by atoms with Crippen molar-refractivity contribution in [2.24, 2.45) is 0 Å². The number of H-pyrrole nitrogens is 2. The smallest absolute Gasteiger partial charge is 0.272 e. The number of carbonyl (C=O) groups is 1. The first-order chi connectivity index (χ1) is 9.58. The molecule has 1 amide bonds. The number of nitrogens with one attached hydrogen (secondary N) is 3. The van der Waals surface area contributed by atoms with E-state index in [0.717, 1.165) is 18.5 Å². The van der Waals surface area contributed by atoms with Gasteiger partial charge in [0.2, 0.25) is 0 Å². The van der Waals surface area contributed by atoms with Gasteiger partial charge in [0, 0.05) is 11.8 Å². The zero-order chi connectivity index (χ0) is 14.5. The third-order valence-electron chi connectivity index (χ3n) is 2.73. The molecule has 20 heavy (non-hydrogen) atoms. The molecule has 0 aliphatic carbocycles. The monoisotopic (exact) mass is 275 g/mol. The van der Waals surface area contributed by atoms with Gasteiger partial charge in [-0.2, -0.15) is 5.10 Å². The standard InChI is InChI=1S/C13H17N5O2/c1-3-4-9-5-11(18-17-9)13(20)14-7-10-6-12(19)16-8(2)15-10/h5-6H,3-4,7H2,1-2H3,(H,14,20)(H,17,18)(H,15,16,19). The van der Waals surface area contributed by atoms with Crippen molar-refractivity contribution in [3.05, 3.63) is 45.4 Å². The molecule has 2 heterocycles. The molecule has 3 N–H and O–H groups in total. The fraction of sp³-hybridized carbons (Fsp3) is 0.385. The van der Waals surface area contributed by atoms with Crippen LogP contribution >= 0.6 is 0 Å². The van der Waals surface area contributed by atoms with Gasteiger partial charge in [-0.3, -0.25) is 14.7 Å². The molecule has 0 saturated heterocycles. The molecule has 2 rings (SSSR count). The van der Waals surface area contributed by atoms with Gasteiger partial charge >= 0.3 is 0 Å². The summed E-state index contributed by atoms with van der Waals surface area (Å²) in [5, 5.41) is 9.47. The quantitative estimate of drug-likeness (QED) is 0.746. The summed E-state index contributed by atoms with van der Waals surface area (Å²) in [6.45, 7) is 3.94. The van der Waals surface area contributed by atoms with Crippen LogP contribution < -0.4 is 10.9 Å². The van der Waals surface area contributed by atoms with Crippen LogP contribution in [-0.4, -0.2) is 26.1 Å². The molecule has 106 valence electrons. The molecule has 0 radical (unpaired) electrons. The van der Waals surface area contributed by atoms with Gasteiger partial charge in [0.05, 0.1) is 12.2 Å². The van der Waals surface area contributed by atoms with Crippen molar-refractivity contribution in [2.75, 3.05) is 0 Å². The molecule has 0 saturated carbocycles. The average Bonchev–Trinajstić information content (AvgIpc) is 2.84. The van der Waals surface area contributed by atoms with E-state index in [4.69, 9.17) is 0 Å². The fourth-order valence-corrected chi connectivity index (χ4v) is 1.87. The third-order valence-corrected chi connectivity index (χ3v) is 2.73.